The zero-order valence-corrected chi connectivity index (χ0v) is 10.1. The van der Waals surface area contributed by atoms with Crippen LogP contribution >= 0.6 is 0 Å². The molecule has 0 radical (unpaired) electrons. The van der Waals surface area contributed by atoms with E-state index in [1.54, 1.807) is 6.92 Å². The van der Waals surface area contributed by atoms with E-state index in [4.69, 9.17) is 10.3 Å². The van der Waals surface area contributed by atoms with Gasteiger partial charge in [0, 0.05) is 6.92 Å². The summed E-state index contributed by atoms with van der Waals surface area (Å²) in [6.45, 7) is 2.69. The topological polar surface area (TPSA) is 89.3 Å². The maximum absolute atomic E-state index is 5.73. The smallest absolute Gasteiger partial charge is 0.223 e. The van der Waals surface area contributed by atoms with Crippen molar-refractivity contribution in [2.75, 3.05) is 0 Å². The predicted molar refractivity (Wildman–Crippen MR) is 67.6 cm³/mol. The fraction of sp³-hybridized carbons (Fsp3) is 0.250. The first-order valence-electron chi connectivity index (χ1n) is 5.61. The zero-order chi connectivity index (χ0) is 12.8. The predicted octanol–water partition coefficient (Wildman–Crippen LogP) is 0.983. The second-order valence-electron chi connectivity index (χ2n) is 3.77. The van der Waals surface area contributed by atoms with Gasteiger partial charge in [0.15, 0.2) is 11.8 Å². The van der Waals surface area contributed by atoms with E-state index in [9.17, 15) is 0 Å². The van der Waals surface area contributed by atoms with Gasteiger partial charge in [-0.2, -0.15) is 4.98 Å². The third-order valence-electron chi connectivity index (χ3n) is 2.27. The quantitative estimate of drug-likeness (QED) is 0.619. The molecule has 1 aromatic heterocycles. The average Bonchev–Trinajstić information content (AvgIpc) is 2.81. The fourth-order valence-corrected chi connectivity index (χ4v) is 1.40. The molecule has 94 valence electrons. The molecule has 0 unspecified atom stereocenters. The van der Waals surface area contributed by atoms with Crippen molar-refractivity contribution < 1.29 is 4.52 Å². The second-order valence-corrected chi connectivity index (χ2v) is 3.77. The molecule has 2 rings (SSSR count). The zero-order valence-electron chi connectivity index (χ0n) is 10.1. The van der Waals surface area contributed by atoms with Gasteiger partial charge in [-0.05, 0) is 5.56 Å². The van der Waals surface area contributed by atoms with E-state index < -0.39 is 0 Å². The monoisotopic (exact) mass is 245 g/mol. The number of guanidine groups is 1. The molecule has 0 saturated carbocycles. The molecule has 0 aliphatic heterocycles. The lowest BCUT2D eigenvalue weighted by Crippen LogP contribution is -2.31. The van der Waals surface area contributed by atoms with Crippen LogP contribution in [0.15, 0.2) is 39.8 Å². The summed E-state index contributed by atoms with van der Waals surface area (Å²) < 4.78 is 4.84. The number of nitrogens with two attached hydrogens (primary N) is 1. The van der Waals surface area contributed by atoms with Crippen LogP contribution in [0.1, 0.15) is 17.3 Å². The van der Waals surface area contributed by atoms with Gasteiger partial charge in [-0.1, -0.05) is 35.5 Å². The van der Waals surface area contributed by atoms with Crippen molar-refractivity contribution in [3.05, 3.63) is 47.6 Å². The Morgan fingerprint density at radius 2 is 2.17 bits per heavy atom. The maximum Gasteiger partial charge on any atom is 0.223 e. The van der Waals surface area contributed by atoms with Crippen molar-refractivity contribution in [2.24, 2.45) is 10.7 Å². The summed E-state index contributed by atoms with van der Waals surface area (Å²) in [6.07, 6.45) is 0. The first-order chi connectivity index (χ1) is 8.74. The molecule has 0 aliphatic rings. The van der Waals surface area contributed by atoms with Crippen molar-refractivity contribution in [1.82, 2.24) is 15.5 Å². The van der Waals surface area contributed by atoms with Crippen molar-refractivity contribution >= 4 is 5.96 Å². The van der Waals surface area contributed by atoms with Crippen LogP contribution in [0.25, 0.3) is 0 Å². The van der Waals surface area contributed by atoms with E-state index in [-0.39, 0.29) is 0 Å². The van der Waals surface area contributed by atoms with Gasteiger partial charge in [0.2, 0.25) is 5.89 Å². The van der Waals surface area contributed by atoms with Gasteiger partial charge in [0.25, 0.3) is 0 Å². The summed E-state index contributed by atoms with van der Waals surface area (Å²) in [5.74, 6) is 1.46. The lowest BCUT2D eigenvalue weighted by molar-refractivity contribution is 0.387. The Hall–Kier alpha value is -2.37. The summed E-state index contributed by atoms with van der Waals surface area (Å²) in [6, 6.07) is 9.90. The molecule has 1 heterocycles. The standard InChI is InChI=1S/C12H15N5O/c1-9-16-11(17-18-9)8-15-12(13)14-7-10-5-3-2-4-6-10/h2-6H,7-8H2,1H3,(H3,13,14,15). The van der Waals surface area contributed by atoms with Crippen LogP contribution in [0.2, 0.25) is 0 Å². The largest absolute Gasteiger partial charge is 0.370 e. The molecule has 6 heteroatoms. The average molecular weight is 245 g/mol. The van der Waals surface area contributed by atoms with Crippen LogP contribution in [-0.2, 0) is 13.1 Å². The Labute approximate surface area is 105 Å². The number of hydrogen-bond acceptors (Lipinski definition) is 4. The molecule has 1 aromatic carbocycles. The van der Waals surface area contributed by atoms with Crippen LogP contribution < -0.4 is 11.1 Å². The van der Waals surface area contributed by atoms with Gasteiger partial charge in [-0.15, -0.1) is 0 Å². The number of rotatable bonds is 4. The summed E-state index contributed by atoms with van der Waals surface area (Å²) in [4.78, 5) is 8.26. The van der Waals surface area contributed by atoms with Crippen molar-refractivity contribution in [3.8, 4) is 0 Å². The fourth-order valence-electron chi connectivity index (χ4n) is 1.40. The molecule has 6 nitrogen and oxygen atoms in total. The Kier molecular flexibility index (Phi) is 3.90. The summed E-state index contributed by atoms with van der Waals surface area (Å²) in [7, 11) is 0. The number of nitrogens with one attached hydrogen (secondary N) is 1. The number of benzene rings is 1. The highest BCUT2D eigenvalue weighted by atomic mass is 16.5. The third-order valence-corrected chi connectivity index (χ3v) is 2.27. The molecule has 0 fully saturated rings. The summed E-state index contributed by atoms with van der Waals surface area (Å²) in [5.41, 5.74) is 6.84. The molecule has 3 N–H and O–H groups in total. The van der Waals surface area contributed by atoms with E-state index >= 15 is 0 Å². The molecule has 0 aliphatic carbocycles. The molecular weight excluding hydrogens is 230 g/mol. The number of aryl methyl sites for hydroxylation is 1. The van der Waals surface area contributed by atoms with Crippen molar-refractivity contribution in [3.63, 3.8) is 0 Å². The minimum Gasteiger partial charge on any atom is -0.370 e. The highest BCUT2D eigenvalue weighted by Gasteiger charge is 2.01. The molecule has 18 heavy (non-hydrogen) atoms. The van der Waals surface area contributed by atoms with E-state index in [0.29, 0.717) is 30.8 Å². The second kappa shape index (κ2) is 5.81. The number of aliphatic imine (C=N–C) groups is 1. The highest BCUT2D eigenvalue weighted by molar-refractivity contribution is 5.77. The Morgan fingerprint density at radius 1 is 1.39 bits per heavy atom. The van der Waals surface area contributed by atoms with Gasteiger partial charge in [-0.25, -0.2) is 4.99 Å². The Balaban J connectivity index is 1.82. The van der Waals surface area contributed by atoms with Gasteiger partial charge < -0.3 is 15.6 Å². The van der Waals surface area contributed by atoms with Crippen LogP contribution in [0.4, 0.5) is 0 Å². The Morgan fingerprint density at radius 3 is 2.83 bits per heavy atom. The number of hydrogen-bond donors (Lipinski definition) is 2. The van der Waals surface area contributed by atoms with Crippen LogP contribution in [0.5, 0.6) is 0 Å². The normalized spacial score (nSPS) is 11.5. The molecule has 0 saturated heterocycles. The SMILES string of the molecule is Cc1nc(CNC(N)=NCc2ccccc2)no1. The van der Waals surface area contributed by atoms with E-state index in [1.165, 1.54) is 0 Å². The van der Waals surface area contributed by atoms with Gasteiger partial charge in [-0.3, -0.25) is 0 Å². The molecule has 0 amide bonds. The molecule has 2 aromatic rings. The van der Waals surface area contributed by atoms with Crippen LogP contribution in [0, 0.1) is 6.92 Å². The molecule has 0 atom stereocenters. The first kappa shape index (κ1) is 12.1. The van der Waals surface area contributed by atoms with Crippen LogP contribution in [-0.4, -0.2) is 16.1 Å². The van der Waals surface area contributed by atoms with Crippen LogP contribution in [0.3, 0.4) is 0 Å². The maximum atomic E-state index is 5.73. The van der Waals surface area contributed by atoms with Crippen molar-refractivity contribution in [1.29, 1.82) is 0 Å². The van der Waals surface area contributed by atoms with Crippen molar-refractivity contribution in [2.45, 2.75) is 20.0 Å². The number of nitrogens with zero attached hydrogens (tertiary/aromatic N) is 3. The van der Waals surface area contributed by atoms with E-state index in [2.05, 4.69) is 20.4 Å². The third kappa shape index (κ3) is 3.58. The van der Waals surface area contributed by atoms with Gasteiger partial charge >= 0.3 is 0 Å². The van der Waals surface area contributed by atoms with Gasteiger partial charge in [0.05, 0.1) is 13.1 Å². The van der Waals surface area contributed by atoms with E-state index in [1.807, 2.05) is 30.3 Å². The highest BCUT2D eigenvalue weighted by Crippen LogP contribution is 1.99. The van der Waals surface area contributed by atoms with E-state index in [0.717, 1.165) is 5.56 Å². The molecular formula is C12H15N5O. The summed E-state index contributed by atoms with van der Waals surface area (Å²) in [5, 5.41) is 6.67. The Bertz CT molecular complexity index is 520. The lowest BCUT2D eigenvalue weighted by Gasteiger charge is -2.02. The summed E-state index contributed by atoms with van der Waals surface area (Å²) >= 11 is 0. The molecule has 0 bridgehead atoms. The molecule has 0 spiro atoms. The minimum absolute atomic E-state index is 0.362. The van der Waals surface area contributed by atoms with Gasteiger partial charge in [0.1, 0.15) is 0 Å². The minimum atomic E-state index is 0.362. The number of aromatic nitrogens is 2. The first-order valence-corrected chi connectivity index (χ1v) is 5.61. The lowest BCUT2D eigenvalue weighted by atomic mass is 10.2.